The molecular formula is C13H18N2O2. The lowest BCUT2D eigenvalue weighted by Crippen LogP contribution is -2.33. The summed E-state index contributed by atoms with van der Waals surface area (Å²) >= 11 is 0. The van der Waals surface area contributed by atoms with Crippen LogP contribution in [0.15, 0.2) is 24.3 Å². The summed E-state index contributed by atoms with van der Waals surface area (Å²) in [6.07, 6.45) is 0. The fourth-order valence-electron chi connectivity index (χ4n) is 1.63. The number of Topliss-reactive ketones (excluding diaryl/α,β-unsaturated/α-hetero) is 1. The van der Waals surface area contributed by atoms with Crippen molar-refractivity contribution in [2.75, 3.05) is 13.1 Å². The van der Waals surface area contributed by atoms with E-state index in [1.54, 1.807) is 6.92 Å². The molecule has 0 aliphatic carbocycles. The molecule has 1 aromatic rings. The van der Waals surface area contributed by atoms with Gasteiger partial charge in [0.15, 0.2) is 0 Å². The predicted molar refractivity (Wildman–Crippen MR) is 66.7 cm³/mol. The van der Waals surface area contributed by atoms with Crippen molar-refractivity contribution in [3.8, 4) is 0 Å². The van der Waals surface area contributed by atoms with Gasteiger partial charge in [-0.05, 0) is 19.4 Å². The summed E-state index contributed by atoms with van der Waals surface area (Å²) in [5, 5.41) is 2.88. The maximum Gasteiger partial charge on any atom is 0.231 e. The van der Waals surface area contributed by atoms with Crippen molar-refractivity contribution < 1.29 is 9.59 Å². The summed E-state index contributed by atoms with van der Waals surface area (Å²) in [6.45, 7) is 4.07. The highest BCUT2D eigenvalue weighted by molar-refractivity contribution is 5.83. The van der Waals surface area contributed by atoms with E-state index in [1.165, 1.54) is 0 Å². The van der Waals surface area contributed by atoms with E-state index in [0.29, 0.717) is 6.54 Å². The fraction of sp³-hybridized carbons (Fsp3) is 0.385. The monoisotopic (exact) mass is 234 g/mol. The van der Waals surface area contributed by atoms with Crippen LogP contribution >= 0.6 is 0 Å². The number of nitrogens with two attached hydrogens (primary N) is 1. The first-order valence-corrected chi connectivity index (χ1v) is 5.56. The van der Waals surface area contributed by atoms with Crippen LogP contribution in [0.4, 0.5) is 0 Å². The standard InChI is InChI=1S/C13H18N2O2/c1-9-3-5-11(6-4-9)12(10(2)16)7-15-8-13(14)17/h3-6,12,15H,7-8H2,1-2H3,(H2,14,17)/t12-/m0/s1. The van der Waals surface area contributed by atoms with E-state index in [-0.39, 0.29) is 18.2 Å². The number of hydrogen-bond donors (Lipinski definition) is 2. The van der Waals surface area contributed by atoms with Gasteiger partial charge < -0.3 is 11.1 Å². The second kappa shape index (κ2) is 6.15. The average molecular weight is 234 g/mol. The summed E-state index contributed by atoms with van der Waals surface area (Å²) in [6, 6.07) is 7.82. The maximum atomic E-state index is 11.5. The Morgan fingerprint density at radius 1 is 1.29 bits per heavy atom. The number of benzene rings is 1. The zero-order chi connectivity index (χ0) is 12.8. The third-order valence-electron chi connectivity index (χ3n) is 2.62. The first-order chi connectivity index (χ1) is 8.00. The van der Waals surface area contributed by atoms with E-state index in [0.717, 1.165) is 11.1 Å². The van der Waals surface area contributed by atoms with Crippen LogP contribution < -0.4 is 11.1 Å². The normalized spacial score (nSPS) is 12.1. The number of aryl methyl sites for hydroxylation is 1. The molecule has 0 saturated carbocycles. The van der Waals surface area contributed by atoms with E-state index >= 15 is 0 Å². The molecule has 0 heterocycles. The molecule has 1 aromatic carbocycles. The van der Waals surface area contributed by atoms with Gasteiger partial charge in [-0.15, -0.1) is 0 Å². The van der Waals surface area contributed by atoms with Crippen molar-refractivity contribution in [3.63, 3.8) is 0 Å². The molecule has 17 heavy (non-hydrogen) atoms. The topological polar surface area (TPSA) is 72.2 Å². The van der Waals surface area contributed by atoms with Gasteiger partial charge in [0.25, 0.3) is 0 Å². The summed E-state index contributed by atoms with van der Waals surface area (Å²) in [5.74, 6) is -0.572. The third-order valence-corrected chi connectivity index (χ3v) is 2.62. The molecule has 1 atom stereocenters. The third kappa shape index (κ3) is 4.36. The number of primary amides is 1. The van der Waals surface area contributed by atoms with Crippen molar-refractivity contribution in [3.05, 3.63) is 35.4 Å². The minimum atomic E-state index is -0.420. The Bertz CT molecular complexity index is 398. The summed E-state index contributed by atoms with van der Waals surface area (Å²) in [5.41, 5.74) is 7.14. The molecule has 0 unspecified atom stereocenters. The number of carbonyl (C=O) groups is 2. The number of rotatable bonds is 6. The first-order valence-electron chi connectivity index (χ1n) is 5.56. The summed E-state index contributed by atoms with van der Waals surface area (Å²) in [7, 11) is 0. The minimum Gasteiger partial charge on any atom is -0.369 e. The molecule has 0 aromatic heterocycles. The Balaban J connectivity index is 2.69. The molecule has 0 bridgehead atoms. The predicted octanol–water partition coefficient (Wildman–Crippen LogP) is 0.743. The molecule has 4 nitrogen and oxygen atoms in total. The van der Waals surface area contributed by atoms with Crippen molar-refractivity contribution in [2.24, 2.45) is 5.73 Å². The van der Waals surface area contributed by atoms with E-state index in [9.17, 15) is 9.59 Å². The zero-order valence-electron chi connectivity index (χ0n) is 10.2. The minimum absolute atomic E-state index is 0.0748. The molecule has 0 fully saturated rings. The number of amides is 1. The fourth-order valence-corrected chi connectivity index (χ4v) is 1.63. The molecule has 3 N–H and O–H groups in total. The zero-order valence-corrected chi connectivity index (χ0v) is 10.2. The Hall–Kier alpha value is -1.68. The second-order valence-corrected chi connectivity index (χ2v) is 4.17. The molecule has 0 aliphatic heterocycles. The molecule has 1 rings (SSSR count). The van der Waals surface area contributed by atoms with Crippen molar-refractivity contribution in [2.45, 2.75) is 19.8 Å². The highest BCUT2D eigenvalue weighted by Gasteiger charge is 2.16. The quantitative estimate of drug-likeness (QED) is 0.762. The second-order valence-electron chi connectivity index (χ2n) is 4.17. The lowest BCUT2D eigenvalue weighted by molar-refractivity contribution is -0.119. The highest BCUT2D eigenvalue weighted by atomic mass is 16.1. The lowest BCUT2D eigenvalue weighted by Gasteiger charge is -2.14. The smallest absolute Gasteiger partial charge is 0.231 e. The summed E-state index contributed by atoms with van der Waals surface area (Å²) in [4.78, 5) is 22.2. The van der Waals surface area contributed by atoms with Gasteiger partial charge in [-0.2, -0.15) is 0 Å². The van der Waals surface area contributed by atoms with Gasteiger partial charge in [0.2, 0.25) is 5.91 Å². The van der Waals surface area contributed by atoms with E-state index in [2.05, 4.69) is 5.32 Å². The number of ketones is 1. The van der Waals surface area contributed by atoms with Gasteiger partial charge >= 0.3 is 0 Å². The Morgan fingerprint density at radius 3 is 2.35 bits per heavy atom. The molecular weight excluding hydrogens is 216 g/mol. The molecule has 92 valence electrons. The number of carbonyl (C=O) groups excluding carboxylic acids is 2. The van der Waals surface area contributed by atoms with Gasteiger partial charge in [0, 0.05) is 6.54 Å². The summed E-state index contributed by atoms with van der Waals surface area (Å²) < 4.78 is 0. The molecule has 0 saturated heterocycles. The number of hydrogen-bond acceptors (Lipinski definition) is 3. The van der Waals surface area contributed by atoms with Crippen LogP contribution in [0.2, 0.25) is 0 Å². The Labute approximate surface area is 101 Å². The molecule has 1 amide bonds. The first kappa shape index (κ1) is 13.4. The largest absolute Gasteiger partial charge is 0.369 e. The van der Waals surface area contributed by atoms with Crippen molar-refractivity contribution >= 4 is 11.7 Å². The van der Waals surface area contributed by atoms with Crippen LogP contribution in [0.25, 0.3) is 0 Å². The van der Waals surface area contributed by atoms with Gasteiger partial charge in [0.05, 0.1) is 12.5 Å². The van der Waals surface area contributed by atoms with Crippen molar-refractivity contribution in [1.82, 2.24) is 5.32 Å². The average Bonchev–Trinajstić information content (AvgIpc) is 2.25. The van der Waals surface area contributed by atoms with Crippen LogP contribution in [0.3, 0.4) is 0 Å². The molecule has 4 heteroatoms. The highest BCUT2D eigenvalue weighted by Crippen LogP contribution is 2.16. The van der Waals surface area contributed by atoms with Crippen LogP contribution in [0.5, 0.6) is 0 Å². The van der Waals surface area contributed by atoms with Gasteiger partial charge in [-0.25, -0.2) is 0 Å². The van der Waals surface area contributed by atoms with E-state index in [4.69, 9.17) is 5.73 Å². The van der Waals surface area contributed by atoms with Crippen LogP contribution in [0, 0.1) is 6.92 Å². The van der Waals surface area contributed by atoms with E-state index in [1.807, 2.05) is 31.2 Å². The SMILES string of the molecule is CC(=O)[C@H](CNCC(N)=O)c1ccc(C)cc1. The van der Waals surface area contributed by atoms with Crippen LogP contribution in [0.1, 0.15) is 24.0 Å². The van der Waals surface area contributed by atoms with Crippen molar-refractivity contribution in [1.29, 1.82) is 0 Å². The van der Waals surface area contributed by atoms with Crippen LogP contribution in [-0.2, 0) is 9.59 Å². The maximum absolute atomic E-state index is 11.5. The Morgan fingerprint density at radius 2 is 1.88 bits per heavy atom. The lowest BCUT2D eigenvalue weighted by atomic mass is 9.94. The number of nitrogens with one attached hydrogen (secondary N) is 1. The Kier molecular flexibility index (Phi) is 4.84. The van der Waals surface area contributed by atoms with Gasteiger partial charge in [-0.1, -0.05) is 29.8 Å². The van der Waals surface area contributed by atoms with E-state index < -0.39 is 5.91 Å². The molecule has 0 spiro atoms. The molecule has 0 radical (unpaired) electrons. The van der Waals surface area contributed by atoms with Crippen LogP contribution in [-0.4, -0.2) is 24.8 Å². The van der Waals surface area contributed by atoms with Gasteiger partial charge in [-0.3, -0.25) is 9.59 Å². The van der Waals surface area contributed by atoms with Gasteiger partial charge in [0.1, 0.15) is 5.78 Å². The molecule has 0 aliphatic rings.